The number of nitrogens with zero attached hydrogens (tertiary/aromatic N) is 1. The number of hydrogen-bond acceptors (Lipinski definition) is 4. The Bertz CT molecular complexity index is 804. The number of rotatable bonds is 4. The molecule has 2 N–H and O–H groups in total. The molecule has 0 aliphatic carbocycles. The molecule has 0 spiro atoms. The molecule has 1 aliphatic heterocycles. The van der Waals surface area contributed by atoms with E-state index in [1.807, 2.05) is 0 Å². The van der Waals surface area contributed by atoms with Gasteiger partial charge in [0.15, 0.2) is 0 Å². The molecular formula is C18H19BrCl3F3N2O2. The van der Waals surface area contributed by atoms with Crippen molar-refractivity contribution in [3.05, 3.63) is 57.0 Å². The SMILES string of the molecule is Cl.Cl.Oc1c(Br)cc(Cl)cc1[C@@H](c1ccc(OC(F)(F)F)cc1)N1CCNCC1. The molecule has 0 unspecified atom stereocenters. The lowest BCUT2D eigenvalue weighted by Crippen LogP contribution is -2.45. The minimum Gasteiger partial charge on any atom is -0.506 e. The van der Waals surface area contributed by atoms with E-state index < -0.39 is 6.36 Å². The van der Waals surface area contributed by atoms with Crippen molar-refractivity contribution in [3.63, 3.8) is 0 Å². The van der Waals surface area contributed by atoms with E-state index in [0.29, 0.717) is 15.1 Å². The van der Waals surface area contributed by atoms with Crippen LogP contribution in [0.15, 0.2) is 40.9 Å². The van der Waals surface area contributed by atoms with E-state index in [4.69, 9.17) is 11.6 Å². The topological polar surface area (TPSA) is 44.7 Å². The van der Waals surface area contributed by atoms with Crippen LogP contribution in [0.1, 0.15) is 17.2 Å². The number of aromatic hydroxyl groups is 1. The van der Waals surface area contributed by atoms with E-state index in [9.17, 15) is 18.3 Å². The molecule has 4 nitrogen and oxygen atoms in total. The number of phenolic OH excluding ortho intramolecular Hbond substituents is 1. The highest BCUT2D eigenvalue weighted by Crippen LogP contribution is 2.40. The summed E-state index contributed by atoms with van der Waals surface area (Å²) in [4.78, 5) is 2.15. The van der Waals surface area contributed by atoms with Crippen LogP contribution < -0.4 is 10.1 Å². The largest absolute Gasteiger partial charge is 0.573 e. The van der Waals surface area contributed by atoms with Gasteiger partial charge in [0.25, 0.3) is 0 Å². The van der Waals surface area contributed by atoms with Crippen LogP contribution in [-0.2, 0) is 0 Å². The Labute approximate surface area is 192 Å². The first-order valence-electron chi connectivity index (χ1n) is 8.23. The van der Waals surface area contributed by atoms with Crippen LogP contribution in [0.5, 0.6) is 11.5 Å². The molecule has 1 fully saturated rings. The van der Waals surface area contributed by atoms with Crippen molar-refractivity contribution < 1.29 is 23.0 Å². The average Bonchev–Trinajstić information content (AvgIpc) is 2.60. The zero-order chi connectivity index (χ0) is 19.6. The van der Waals surface area contributed by atoms with E-state index in [-0.39, 0.29) is 42.4 Å². The third kappa shape index (κ3) is 6.80. The van der Waals surface area contributed by atoms with Gasteiger partial charge in [0.2, 0.25) is 0 Å². The van der Waals surface area contributed by atoms with Gasteiger partial charge in [-0.15, -0.1) is 38.0 Å². The molecule has 1 atom stereocenters. The van der Waals surface area contributed by atoms with Crippen molar-refractivity contribution in [2.24, 2.45) is 0 Å². The highest BCUT2D eigenvalue weighted by molar-refractivity contribution is 9.10. The number of ether oxygens (including phenoxy) is 1. The maximum Gasteiger partial charge on any atom is 0.573 e. The number of phenols is 1. The summed E-state index contributed by atoms with van der Waals surface area (Å²) in [6.45, 7) is 2.98. The van der Waals surface area contributed by atoms with E-state index in [0.717, 1.165) is 31.7 Å². The molecule has 1 heterocycles. The normalized spacial score (nSPS) is 15.8. The fraction of sp³-hybridized carbons (Fsp3) is 0.333. The van der Waals surface area contributed by atoms with Crippen molar-refractivity contribution in [2.75, 3.05) is 26.2 Å². The number of piperazine rings is 1. The monoisotopic (exact) mass is 536 g/mol. The van der Waals surface area contributed by atoms with Gasteiger partial charge in [-0.3, -0.25) is 4.90 Å². The molecule has 0 radical (unpaired) electrons. The lowest BCUT2D eigenvalue weighted by atomic mass is 9.95. The smallest absolute Gasteiger partial charge is 0.506 e. The third-order valence-electron chi connectivity index (χ3n) is 4.30. The molecule has 2 aromatic rings. The second kappa shape index (κ2) is 10.9. The van der Waals surface area contributed by atoms with Gasteiger partial charge in [-0.25, -0.2) is 0 Å². The molecule has 3 rings (SSSR count). The molecule has 0 saturated carbocycles. The number of hydrogen-bond donors (Lipinski definition) is 2. The van der Waals surface area contributed by atoms with Crippen LogP contribution in [-0.4, -0.2) is 42.5 Å². The second-order valence-electron chi connectivity index (χ2n) is 6.13. The van der Waals surface area contributed by atoms with Crippen molar-refractivity contribution in [2.45, 2.75) is 12.4 Å². The summed E-state index contributed by atoms with van der Waals surface area (Å²) in [7, 11) is 0. The zero-order valence-corrected chi connectivity index (χ0v) is 18.9. The van der Waals surface area contributed by atoms with E-state index >= 15 is 0 Å². The molecule has 162 valence electrons. The molecule has 29 heavy (non-hydrogen) atoms. The summed E-state index contributed by atoms with van der Waals surface area (Å²) in [5.41, 5.74) is 1.32. The number of alkyl halides is 3. The van der Waals surface area contributed by atoms with Gasteiger partial charge in [-0.1, -0.05) is 23.7 Å². The summed E-state index contributed by atoms with van der Waals surface area (Å²) in [5, 5.41) is 14.3. The van der Waals surface area contributed by atoms with Crippen molar-refractivity contribution in [1.29, 1.82) is 0 Å². The molecule has 0 amide bonds. The van der Waals surface area contributed by atoms with Gasteiger partial charge in [-0.05, 0) is 45.8 Å². The van der Waals surface area contributed by atoms with Gasteiger partial charge in [0.05, 0.1) is 10.5 Å². The van der Waals surface area contributed by atoms with Crippen LogP contribution in [0.3, 0.4) is 0 Å². The Hall–Kier alpha value is -0.900. The van der Waals surface area contributed by atoms with Crippen LogP contribution in [0.2, 0.25) is 5.02 Å². The van der Waals surface area contributed by atoms with Gasteiger partial charge < -0.3 is 15.2 Å². The third-order valence-corrected chi connectivity index (χ3v) is 5.12. The summed E-state index contributed by atoms with van der Waals surface area (Å²) in [6, 6.07) is 8.60. The molecule has 1 aliphatic rings. The average molecular weight is 539 g/mol. The second-order valence-corrected chi connectivity index (χ2v) is 7.42. The van der Waals surface area contributed by atoms with Gasteiger partial charge in [0, 0.05) is 36.8 Å². The van der Waals surface area contributed by atoms with Crippen LogP contribution in [0, 0.1) is 0 Å². The Morgan fingerprint density at radius 3 is 2.24 bits per heavy atom. The highest BCUT2D eigenvalue weighted by atomic mass is 79.9. The fourth-order valence-corrected chi connectivity index (χ4v) is 4.01. The van der Waals surface area contributed by atoms with E-state index in [1.54, 1.807) is 24.3 Å². The van der Waals surface area contributed by atoms with Crippen LogP contribution in [0.4, 0.5) is 13.2 Å². The summed E-state index contributed by atoms with van der Waals surface area (Å²) < 4.78 is 41.6. The van der Waals surface area contributed by atoms with E-state index in [1.165, 1.54) is 12.1 Å². The molecule has 0 bridgehead atoms. The maximum atomic E-state index is 12.4. The van der Waals surface area contributed by atoms with Crippen molar-refractivity contribution >= 4 is 52.3 Å². The number of nitrogens with one attached hydrogen (secondary N) is 1. The van der Waals surface area contributed by atoms with Crippen molar-refractivity contribution in [1.82, 2.24) is 10.2 Å². The molecule has 11 heteroatoms. The first-order chi connectivity index (χ1) is 12.7. The lowest BCUT2D eigenvalue weighted by molar-refractivity contribution is -0.274. The Morgan fingerprint density at radius 1 is 1.10 bits per heavy atom. The number of halogens is 7. The van der Waals surface area contributed by atoms with Crippen molar-refractivity contribution in [3.8, 4) is 11.5 Å². The highest BCUT2D eigenvalue weighted by Gasteiger charge is 2.32. The summed E-state index contributed by atoms with van der Waals surface area (Å²) in [5.74, 6) is -0.236. The minimum atomic E-state index is -4.74. The molecule has 0 aromatic heterocycles. The quantitative estimate of drug-likeness (QED) is 0.536. The summed E-state index contributed by atoms with van der Waals surface area (Å²) in [6.07, 6.45) is -4.74. The first kappa shape index (κ1) is 26.1. The van der Waals surface area contributed by atoms with Gasteiger partial charge in [0.1, 0.15) is 11.5 Å². The molecule has 1 saturated heterocycles. The maximum absolute atomic E-state index is 12.4. The first-order valence-corrected chi connectivity index (χ1v) is 9.40. The van der Waals surface area contributed by atoms with Gasteiger partial charge >= 0.3 is 6.36 Å². The standard InChI is InChI=1S/C18H17BrClF3N2O2.2ClH/c19-15-10-12(20)9-14(17(15)26)16(25-7-5-24-6-8-25)11-1-3-13(4-2-11)27-18(21,22)23;;/h1-4,9-10,16,24,26H,5-8H2;2*1H/t16-;;/m1../s1. The van der Waals surface area contributed by atoms with E-state index in [2.05, 4.69) is 30.9 Å². The predicted octanol–water partition coefficient (Wildman–Crippen LogP) is 5.54. The predicted molar refractivity (Wildman–Crippen MR) is 115 cm³/mol. The lowest BCUT2D eigenvalue weighted by Gasteiger charge is -2.36. The van der Waals surface area contributed by atoms with Crippen LogP contribution >= 0.6 is 52.3 Å². The van der Waals surface area contributed by atoms with Crippen LogP contribution in [0.25, 0.3) is 0 Å². The Kier molecular flexibility index (Phi) is 9.85. The van der Waals surface area contributed by atoms with Gasteiger partial charge in [-0.2, -0.15) is 0 Å². The molecule has 2 aromatic carbocycles. The Balaban J connectivity index is 0.00000210. The fourth-order valence-electron chi connectivity index (χ4n) is 3.17. The Morgan fingerprint density at radius 2 is 1.69 bits per heavy atom. The number of benzene rings is 2. The molecular weight excluding hydrogens is 519 g/mol. The zero-order valence-electron chi connectivity index (χ0n) is 14.9. The summed E-state index contributed by atoms with van der Waals surface area (Å²) >= 11 is 9.47. The minimum absolute atomic E-state index is 0.